The Morgan fingerprint density at radius 2 is 1.82 bits per heavy atom. The molecule has 1 amide bonds. The zero-order valence-electron chi connectivity index (χ0n) is 16.7. The number of hydrogen-bond donors (Lipinski definition) is 3. The number of carboxylic acid groups (broad SMARTS) is 1. The largest absolute Gasteiger partial charge is 0.481 e. The van der Waals surface area contributed by atoms with Gasteiger partial charge in [0.15, 0.2) is 0 Å². The Morgan fingerprint density at radius 3 is 2.43 bits per heavy atom. The summed E-state index contributed by atoms with van der Waals surface area (Å²) in [7, 11) is 0. The van der Waals surface area contributed by atoms with Crippen molar-refractivity contribution >= 4 is 17.9 Å². The lowest BCUT2D eigenvalue weighted by Gasteiger charge is -2.33. The number of nitrogens with two attached hydrogens (primary N) is 1. The number of unbranched alkanes of at least 4 members (excludes halogenated alkanes) is 1. The van der Waals surface area contributed by atoms with Crippen molar-refractivity contribution in [2.45, 2.75) is 70.8 Å². The van der Waals surface area contributed by atoms with E-state index >= 15 is 0 Å². The molecule has 9 heteroatoms. The van der Waals surface area contributed by atoms with E-state index in [-0.39, 0.29) is 5.92 Å². The molecule has 0 atom stereocenters. The van der Waals surface area contributed by atoms with Crippen LogP contribution in [0.4, 0.5) is 6.01 Å². The number of aryl methyl sites for hydroxylation is 1. The lowest BCUT2D eigenvalue weighted by Crippen LogP contribution is -2.44. The zero-order valence-corrected chi connectivity index (χ0v) is 16.7. The molecule has 3 rings (SSSR count). The van der Waals surface area contributed by atoms with Crippen LogP contribution in [0.5, 0.6) is 0 Å². The number of piperidine rings is 1. The van der Waals surface area contributed by atoms with E-state index in [0.29, 0.717) is 30.4 Å². The first-order chi connectivity index (χ1) is 13.5. The number of likely N-dealkylation sites (tertiary alicyclic amines) is 1. The monoisotopic (exact) mass is 395 g/mol. The Balaban J connectivity index is 0.000000640. The molecule has 28 heavy (non-hydrogen) atoms. The maximum Gasteiger partial charge on any atom is 0.315 e. The predicted molar refractivity (Wildman–Crippen MR) is 105 cm³/mol. The van der Waals surface area contributed by atoms with E-state index in [1.54, 1.807) is 0 Å². The zero-order chi connectivity index (χ0) is 20.4. The van der Waals surface area contributed by atoms with Gasteiger partial charge in [0.05, 0.1) is 0 Å². The predicted octanol–water partition coefficient (Wildman–Crippen LogP) is 2.03. The first-order valence-electron chi connectivity index (χ1n) is 10.3. The number of anilines is 1. The first-order valence-corrected chi connectivity index (χ1v) is 10.3. The van der Waals surface area contributed by atoms with Crippen LogP contribution in [-0.4, -0.2) is 57.8 Å². The lowest BCUT2D eigenvalue weighted by atomic mass is 10.0. The molecular weight excluding hydrogens is 362 g/mol. The van der Waals surface area contributed by atoms with Crippen LogP contribution in [0.25, 0.3) is 0 Å². The second-order valence-corrected chi connectivity index (χ2v) is 7.49. The third kappa shape index (κ3) is 7.46. The molecule has 2 heterocycles. The highest BCUT2D eigenvalue weighted by Crippen LogP contribution is 2.28. The van der Waals surface area contributed by atoms with E-state index in [9.17, 15) is 4.79 Å². The average Bonchev–Trinajstić information content (AvgIpc) is 3.34. The van der Waals surface area contributed by atoms with Crippen molar-refractivity contribution in [3.8, 4) is 0 Å². The number of nitrogens with one attached hydrogen (secondary N) is 1. The molecule has 1 aromatic rings. The quantitative estimate of drug-likeness (QED) is 0.597. The smallest absolute Gasteiger partial charge is 0.315 e. The number of rotatable bonds is 7. The molecule has 0 radical (unpaired) electrons. The van der Waals surface area contributed by atoms with Crippen LogP contribution >= 0.6 is 0 Å². The molecule has 9 nitrogen and oxygen atoms in total. The third-order valence-electron chi connectivity index (χ3n) is 5.15. The second kappa shape index (κ2) is 11.6. The standard InChI is InChI=1S/C17H29N5O2.C2H4O2/c18-10-4-3-7-15-20-21-17(24-15)19-14-8-11-22(12-9-14)16(23)13-5-1-2-6-13;1-2(3)4/h13-14H,1-12,18H2,(H,19,21);1H3,(H,3,4). The maximum atomic E-state index is 12.4. The van der Waals surface area contributed by atoms with Gasteiger partial charge >= 0.3 is 6.01 Å². The van der Waals surface area contributed by atoms with Crippen LogP contribution in [0.15, 0.2) is 4.42 Å². The molecule has 1 saturated heterocycles. The van der Waals surface area contributed by atoms with E-state index in [0.717, 1.165) is 65.0 Å². The van der Waals surface area contributed by atoms with Gasteiger partial charge in [0.2, 0.25) is 11.8 Å². The number of hydrogen-bond acceptors (Lipinski definition) is 7. The third-order valence-corrected chi connectivity index (χ3v) is 5.15. The van der Waals surface area contributed by atoms with Crippen molar-refractivity contribution in [2.75, 3.05) is 25.0 Å². The van der Waals surface area contributed by atoms with E-state index in [1.807, 2.05) is 4.90 Å². The molecule has 0 aromatic carbocycles. The van der Waals surface area contributed by atoms with E-state index in [1.165, 1.54) is 12.8 Å². The van der Waals surface area contributed by atoms with Crippen molar-refractivity contribution in [3.05, 3.63) is 5.89 Å². The van der Waals surface area contributed by atoms with E-state index in [2.05, 4.69) is 15.5 Å². The molecule has 158 valence electrons. The average molecular weight is 396 g/mol. The van der Waals surface area contributed by atoms with E-state index in [4.69, 9.17) is 20.1 Å². The SMILES string of the molecule is CC(=O)O.NCCCCc1nnc(NC2CCN(C(=O)C3CCCC3)CC2)o1. The van der Waals surface area contributed by atoms with Gasteiger partial charge in [-0.1, -0.05) is 17.9 Å². The minimum atomic E-state index is -0.833. The van der Waals surface area contributed by atoms with Gasteiger partial charge in [-0.3, -0.25) is 9.59 Å². The molecule has 1 aliphatic heterocycles. The summed E-state index contributed by atoms with van der Waals surface area (Å²) in [6.45, 7) is 3.42. The van der Waals surface area contributed by atoms with Crippen molar-refractivity contribution < 1.29 is 19.1 Å². The van der Waals surface area contributed by atoms with E-state index < -0.39 is 5.97 Å². The summed E-state index contributed by atoms with van der Waals surface area (Å²) in [5, 5.41) is 18.9. The van der Waals surface area contributed by atoms with Crippen LogP contribution in [0.3, 0.4) is 0 Å². The van der Waals surface area contributed by atoms with Gasteiger partial charge in [-0.25, -0.2) is 0 Å². The summed E-state index contributed by atoms with van der Waals surface area (Å²) >= 11 is 0. The summed E-state index contributed by atoms with van der Waals surface area (Å²) in [4.78, 5) is 23.5. The van der Waals surface area contributed by atoms with Gasteiger partial charge in [0, 0.05) is 38.4 Å². The second-order valence-electron chi connectivity index (χ2n) is 7.49. The van der Waals surface area contributed by atoms with Crippen LogP contribution in [0.2, 0.25) is 0 Å². The Morgan fingerprint density at radius 1 is 1.18 bits per heavy atom. The van der Waals surface area contributed by atoms with Crippen LogP contribution in [0, 0.1) is 5.92 Å². The summed E-state index contributed by atoms with van der Waals surface area (Å²) in [5.41, 5.74) is 5.49. The highest BCUT2D eigenvalue weighted by Gasteiger charge is 2.30. The summed E-state index contributed by atoms with van der Waals surface area (Å²) in [6.07, 6.45) is 9.15. The Labute approximate surface area is 166 Å². The van der Waals surface area contributed by atoms with Crippen molar-refractivity contribution in [1.82, 2.24) is 15.1 Å². The van der Waals surface area contributed by atoms with Gasteiger partial charge in [-0.15, -0.1) is 5.10 Å². The normalized spacial score (nSPS) is 17.9. The van der Waals surface area contributed by atoms with Gasteiger partial charge in [-0.05, 0) is 45.1 Å². The number of nitrogens with zero attached hydrogens (tertiary/aromatic N) is 3. The van der Waals surface area contributed by atoms with Gasteiger partial charge in [0.1, 0.15) is 0 Å². The Bertz CT molecular complexity index is 603. The summed E-state index contributed by atoms with van der Waals surface area (Å²) < 4.78 is 5.63. The minimum Gasteiger partial charge on any atom is -0.481 e. The van der Waals surface area contributed by atoms with Gasteiger partial charge < -0.3 is 25.5 Å². The molecule has 0 spiro atoms. The number of carboxylic acids is 1. The highest BCUT2D eigenvalue weighted by atomic mass is 16.4. The lowest BCUT2D eigenvalue weighted by molar-refractivity contribution is -0.136. The fourth-order valence-corrected chi connectivity index (χ4v) is 3.68. The fraction of sp³-hybridized carbons (Fsp3) is 0.789. The number of aliphatic carboxylic acids is 1. The van der Waals surface area contributed by atoms with Crippen molar-refractivity contribution in [2.24, 2.45) is 11.7 Å². The van der Waals surface area contributed by atoms with Gasteiger partial charge in [0.25, 0.3) is 5.97 Å². The van der Waals surface area contributed by atoms with Crippen molar-refractivity contribution in [1.29, 1.82) is 0 Å². The molecule has 0 unspecified atom stereocenters. The highest BCUT2D eigenvalue weighted by molar-refractivity contribution is 5.79. The topological polar surface area (TPSA) is 135 Å². The van der Waals surface area contributed by atoms with Crippen LogP contribution < -0.4 is 11.1 Å². The molecule has 1 saturated carbocycles. The molecule has 2 aliphatic rings. The first kappa shape index (κ1) is 22.1. The molecule has 1 aromatic heterocycles. The molecule has 1 aliphatic carbocycles. The van der Waals surface area contributed by atoms with Crippen LogP contribution in [0.1, 0.15) is 64.2 Å². The number of amides is 1. The van der Waals surface area contributed by atoms with Gasteiger partial charge in [-0.2, -0.15) is 0 Å². The molecule has 2 fully saturated rings. The summed E-state index contributed by atoms with van der Waals surface area (Å²) in [5.74, 6) is 0.479. The molecule has 0 bridgehead atoms. The number of aromatic nitrogens is 2. The molecular formula is C19H33N5O4. The molecule has 4 N–H and O–H groups in total. The minimum absolute atomic E-state index is 0.279. The summed E-state index contributed by atoms with van der Waals surface area (Å²) in [6, 6.07) is 0.799. The van der Waals surface area contributed by atoms with Crippen molar-refractivity contribution in [3.63, 3.8) is 0 Å². The number of carbonyl (C=O) groups excluding carboxylic acids is 1. The van der Waals surface area contributed by atoms with Crippen LogP contribution in [-0.2, 0) is 16.0 Å². The Kier molecular flexibility index (Phi) is 9.19. The number of carbonyl (C=O) groups is 2. The maximum absolute atomic E-state index is 12.4. The fourth-order valence-electron chi connectivity index (χ4n) is 3.68. The Hall–Kier alpha value is -2.16.